The quantitative estimate of drug-likeness (QED) is 0.683. The summed E-state index contributed by atoms with van der Waals surface area (Å²) in [5.74, 6) is 0.765. The van der Waals surface area contributed by atoms with Crippen molar-refractivity contribution in [3.63, 3.8) is 0 Å². The molecule has 3 N–H and O–H groups in total. The number of benzene rings is 1. The molecule has 0 saturated carbocycles. The van der Waals surface area contributed by atoms with Crippen molar-refractivity contribution in [2.45, 2.75) is 45.6 Å². The van der Waals surface area contributed by atoms with E-state index in [0.717, 1.165) is 38.0 Å². The monoisotopic (exact) mass is 278 g/mol. The Labute approximate surface area is 121 Å². The summed E-state index contributed by atoms with van der Waals surface area (Å²) in [4.78, 5) is 12.0. The molecule has 0 saturated heterocycles. The number of nitrogens with one attached hydrogen (secondary N) is 1. The third-order valence-electron chi connectivity index (χ3n) is 3.10. The highest BCUT2D eigenvalue weighted by atomic mass is 16.5. The first kappa shape index (κ1) is 16.5. The van der Waals surface area contributed by atoms with E-state index in [1.807, 2.05) is 19.1 Å². The Balaban J connectivity index is 2.44. The van der Waals surface area contributed by atoms with Crippen molar-refractivity contribution < 1.29 is 9.53 Å². The molecule has 4 nitrogen and oxygen atoms in total. The maximum atomic E-state index is 12.0. The second kappa shape index (κ2) is 9.37. The number of carbonyl (C=O) groups excluding carboxylic acids is 1. The van der Waals surface area contributed by atoms with Gasteiger partial charge in [0, 0.05) is 11.6 Å². The van der Waals surface area contributed by atoms with E-state index in [0.29, 0.717) is 12.1 Å². The fraction of sp³-hybridized carbons (Fsp3) is 0.562. The van der Waals surface area contributed by atoms with Crippen LogP contribution in [0.5, 0.6) is 5.75 Å². The van der Waals surface area contributed by atoms with Crippen LogP contribution in [0.1, 0.15) is 49.9 Å². The maximum absolute atomic E-state index is 12.0. The third kappa shape index (κ3) is 6.06. The number of hydrogen-bond acceptors (Lipinski definition) is 3. The van der Waals surface area contributed by atoms with Gasteiger partial charge in [0.2, 0.25) is 0 Å². The highest BCUT2D eigenvalue weighted by Gasteiger charge is 2.09. The third-order valence-corrected chi connectivity index (χ3v) is 3.10. The fourth-order valence-electron chi connectivity index (χ4n) is 1.84. The number of nitrogens with two attached hydrogens (primary N) is 1. The smallest absolute Gasteiger partial charge is 0.251 e. The molecule has 1 aromatic carbocycles. The van der Waals surface area contributed by atoms with Crippen molar-refractivity contribution in [3.8, 4) is 5.75 Å². The molecule has 1 atom stereocenters. The highest BCUT2D eigenvalue weighted by molar-refractivity contribution is 5.94. The molecule has 4 heteroatoms. The van der Waals surface area contributed by atoms with Crippen LogP contribution in [0.25, 0.3) is 0 Å². The Hall–Kier alpha value is -1.55. The zero-order valence-electron chi connectivity index (χ0n) is 12.5. The lowest BCUT2D eigenvalue weighted by Gasteiger charge is -2.13. The van der Waals surface area contributed by atoms with Gasteiger partial charge in [-0.15, -0.1) is 0 Å². The van der Waals surface area contributed by atoms with Crippen LogP contribution in [0.3, 0.4) is 0 Å². The largest absolute Gasteiger partial charge is 0.494 e. The van der Waals surface area contributed by atoms with Crippen molar-refractivity contribution in [2.24, 2.45) is 5.73 Å². The summed E-state index contributed by atoms with van der Waals surface area (Å²) in [6.45, 7) is 5.50. The van der Waals surface area contributed by atoms with Crippen LogP contribution in [-0.2, 0) is 0 Å². The second-order valence-electron chi connectivity index (χ2n) is 5.03. The van der Waals surface area contributed by atoms with Crippen molar-refractivity contribution in [1.82, 2.24) is 5.32 Å². The number of amides is 1. The molecule has 0 radical (unpaired) electrons. The van der Waals surface area contributed by atoms with Gasteiger partial charge in [-0.05, 0) is 57.0 Å². The number of rotatable bonds is 9. The molecule has 1 aromatic rings. The lowest BCUT2D eigenvalue weighted by Crippen LogP contribution is -2.32. The number of hydrogen-bond donors (Lipinski definition) is 2. The predicted octanol–water partition coefficient (Wildman–Crippen LogP) is 2.72. The molecule has 20 heavy (non-hydrogen) atoms. The van der Waals surface area contributed by atoms with Crippen molar-refractivity contribution >= 4 is 5.91 Å². The van der Waals surface area contributed by atoms with Gasteiger partial charge in [0.05, 0.1) is 6.61 Å². The Morgan fingerprint density at radius 1 is 1.30 bits per heavy atom. The molecule has 0 spiro atoms. The van der Waals surface area contributed by atoms with Gasteiger partial charge in [0.25, 0.3) is 5.91 Å². The molecule has 0 aliphatic heterocycles. The minimum atomic E-state index is -0.0466. The molecular weight excluding hydrogens is 252 g/mol. The molecule has 112 valence electrons. The highest BCUT2D eigenvalue weighted by Crippen LogP contribution is 2.13. The van der Waals surface area contributed by atoms with Crippen LogP contribution >= 0.6 is 0 Å². The van der Waals surface area contributed by atoms with Gasteiger partial charge in [-0.1, -0.05) is 13.3 Å². The van der Waals surface area contributed by atoms with E-state index in [1.165, 1.54) is 0 Å². The van der Waals surface area contributed by atoms with E-state index in [2.05, 4.69) is 12.2 Å². The van der Waals surface area contributed by atoms with E-state index < -0.39 is 0 Å². The first-order chi connectivity index (χ1) is 9.67. The summed E-state index contributed by atoms with van der Waals surface area (Å²) in [5, 5.41) is 2.97. The predicted molar refractivity (Wildman–Crippen MR) is 82.1 cm³/mol. The van der Waals surface area contributed by atoms with E-state index in [9.17, 15) is 4.79 Å². The Morgan fingerprint density at radius 2 is 2.00 bits per heavy atom. The molecule has 0 aliphatic carbocycles. The van der Waals surface area contributed by atoms with E-state index in [1.54, 1.807) is 12.1 Å². The number of unbranched alkanes of at least 4 members (excludes halogenated alkanes) is 1. The van der Waals surface area contributed by atoms with Gasteiger partial charge < -0.3 is 15.8 Å². The molecule has 0 aromatic heterocycles. The average molecular weight is 278 g/mol. The van der Waals surface area contributed by atoms with Gasteiger partial charge in [-0.25, -0.2) is 0 Å². The Kier molecular flexibility index (Phi) is 7.73. The van der Waals surface area contributed by atoms with Crippen molar-refractivity contribution in [2.75, 3.05) is 13.2 Å². The second-order valence-corrected chi connectivity index (χ2v) is 5.03. The summed E-state index contributed by atoms with van der Waals surface area (Å²) < 4.78 is 5.57. The standard InChI is InChI=1S/C16H26N2O2/c1-3-4-12-20-15-9-7-14(8-10-15)16(19)18-13(2)6-5-11-17/h7-10,13H,3-6,11-12,17H2,1-2H3,(H,18,19). The van der Waals surface area contributed by atoms with Crippen LogP contribution in [0.4, 0.5) is 0 Å². The van der Waals surface area contributed by atoms with E-state index >= 15 is 0 Å². The van der Waals surface area contributed by atoms with Crippen LogP contribution < -0.4 is 15.8 Å². The summed E-state index contributed by atoms with van der Waals surface area (Å²) in [7, 11) is 0. The van der Waals surface area contributed by atoms with Gasteiger partial charge in [0.1, 0.15) is 5.75 Å². The normalized spacial score (nSPS) is 11.9. The first-order valence-electron chi connectivity index (χ1n) is 7.41. The summed E-state index contributed by atoms with van der Waals surface area (Å²) in [6, 6.07) is 7.43. The lowest BCUT2D eigenvalue weighted by molar-refractivity contribution is 0.0938. The molecule has 1 rings (SSSR count). The first-order valence-corrected chi connectivity index (χ1v) is 7.41. The maximum Gasteiger partial charge on any atom is 0.251 e. The zero-order chi connectivity index (χ0) is 14.8. The van der Waals surface area contributed by atoms with Gasteiger partial charge in [-0.3, -0.25) is 4.79 Å². The minimum absolute atomic E-state index is 0.0466. The number of carbonyl (C=O) groups is 1. The Morgan fingerprint density at radius 3 is 2.60 bits per heavy atom. The SMILES string of the molecule is CCCCOc1ccc(C(=O)NC(C)CCCN)cc1. The topological polar surface area (TPSA) is 64.3 Å². The molecule has 0 bridgehead atoms. The molecule has 0 aliphatic rings. The molecule has 1 unspecified atom stereocenters. The zero-order valence-corrected chi connectivity index (χ0v) is 12.5. The summed E-state index contributed by atoms with van der Waals surface area (Å²) in [5.41, 5.74) is 6.12. The van der Waals surface area contributed by atoms with Crippen LogP contribution in [0.2, 0.25) is 0 Å². The average Bonchev–Trinajstić information content (AvgIpc) is 2.46. The lowest BCUT2D eigenvalue weighted by atomic mass is 10.1. The van der Waals surface area contributed by atoms with Gasteiger partial charge in [-0.2, -0.15) is 0 Å². The molecule has 1 amide bonds. The summed E-state index contributed by atoms with van der Waals surface area (Å²) >= 11 is 0. The van der Waals surface area contributed by atoms with E-state index in [-0.39, 0.29) is 11.9 Å². The van der Waals surface area contributed by atoms with Crippen molar-refractivity contribution in [3.05, 3.63) is 29.8 Å². The van der Waals surface area contributed by atoms with Gasteiger partial charge >= 0.3 is 0 Å². The summed E-state index contributed by atoms with van der Waals surface area (Å²) in [6.07, 6.45) is 3.98. The van der Waals surface area contributed by atoms with Gasteiger partial charge in [0.15, 0.2) is 0 Å². The van der Waals surface area contributed by atoms with Crippen LogP contribution in [0.15, 0.2) is 24.3 Å². The molecular formula is C16H26N2O2. The minimum Gasteiger partial charge on any atom is -0.494 e. The Bertz CT molecular complexity index is 390. The number of ether oxygens (including phenoxy) is 1. The molecule has 0 heterocycles. The molecule has 0 fully saturated rings. The van der Waals surface area contributed by atoms with Crippen molar-refractivity contribution in [1.29, 1.82) is 0 Å². The van der Waals surface area contributed by atoms with E-state index in [4.69, 9.17) is 10.5 Å². The van der Waals surface area contributed by atoms with Crippen LogP contribution in [-0.4, -0.2) is 25.1 Å². The fourth-order valence-corrected chi connectivity index (χ4v) is 1.84. The van der Waals surface area contributed by atoms with Crippen LogP contribution in [0, 0.1) is 0 Å².